The van der Waals surface area contributed by atoms with Crippen molar-refractivity contribution in [3.63, 3.8) is 0 Å². The molecule has 0 radical (unpaired) electrons. The molecule has 1 unspecified atom stereocenters. The van der Waals surface area contributed by atoms with Crippen molar-refractivity contribution in [2.24, 2.45) is 0 Å². The van der Waals surface area contributed by atoms with E-state index in [2.05, 4.69) is 0 Å². The molecule has 0 aromatic rings. The molecular weight excluding hydrogens is 168 g/mol. The number of hydrogen-bond acceptors (Lipinski definition) is 4. The minimum Gasteiger partial charge on any atom is -0.394 e. The van der Waals surface area contributed by atoms with E-state index >= 15 is 0 Å². The van der Waals surface area contributed by atoms with Crippen LogP contribution in [0.15, 0.2) is 0 Å². The Kier molecular flexibility index (Phi) is 3.45. The van der Waals surface area contributed by atoms with E-state index in [0.29, 0.717) is 11.5 Å². The third-order valence-corrected chi connectivity index (χ3v) is 2.89. The molecule has 0 aliphatic carbocycles. The Bertz CT molecular complexity index is 136. The zero-order valence-electron chi connectivity index (χ0n) is 6.36. The third kappa shape index (κ3) is 2.52. The summed E-state index contributed by atoms with van der Waals surface area (Å²) < 4.78 is 21.1. The van der Waals surface area contributed by atoms with Gasteiger partial charge in [0.15, 0.2) is 6.29 Å². The molecule has 0 spiro atoms. The SMILES string of the molecule is CO[C@@H]1CS(=O)C[C@@H](CO)O1. The summed E-state index contributed by atoms with van der Waals surface area (Å²) in [6.45, 7) is -0.0917. The van der Waals surface area contributed by atoms with Crippen molar-refractivity contribution in [1.29, 1.82) is 0 Å². The van der Waals surface area contributed by atoms with Crippen molar-refractivity contribution in [2.45, 2.75) is 12.4 Å². The molecule has 0 amide bonds. The molecule has 0 aromatic carbocycles. The van der Waals surface area contributed by atoms with Crippen LogP contribution < -0.4 is 0 Å². The third-order valence-electron chi connectivity index (χ3n) is 1.50. The molecule has 66 valence electrons. The average Bonchev–Trinajstić information content (AvgIpc) is 2.03. The molecule has 11 heavy (non-hydrogen) atoms. The summed E-state index contributed by atoms with van der Waals surface area (Å²) in [4.78, 5) is 0. The van der Waals surface area contributed by atoms with E-state index in [1.54, 1.807) is 0 Å². The molecule has 5 heteroatoms. The zero-order valence-corrected chi connectivity index (χ0v) is 7.17. The maximum atomic E-state index is 11.0. The molecule has 0 saturated carbocycles. The highest BCUT2D eigenvalue weighted by Gasteiger charge is 2.25. The molecule has 3 atom stereocenters. The molecule has 0 aromatic heterocycles. The average molecular weight is 180 g/mol. The van der Waals surface area contributed by atoms with Gasteiger partial charge in [-0.3, -0.25) is 4.21 Å². The smallest absolute Gasteiger partial charge is 0.169 e. The normalized spacial score (nSPS) is 38.9. The minimum absolute atomic E-state index is 0.0917. The second-order valence-corrected chi connectivity index (χ2v) is 3.93. The van der Waals surface area contributed by atoms with Gasteiger partial charge in [0, 0.05) is 17.9 Å². The fourth-order valence-corrected chi connectivity index (χ4v) is 2.19. The number of aliphatic hydroxyl groups is 1. The maximum Gasteiger partial charge on any atom is 0.169 e. The maximum absolute atomic E-state index is 11.0. The fourth-order valence-electron chi connectivity index (χ4n) is 0.940. The van der Waals surface area contributed by atoms with Crippen LogP contribution in [0.2, 0.25) is 0 Å². The van der Waals surface area contributed by atoms with Crippen LogP contribution in [0, 0.1) is 0 Å². The predicted molar refractivity (Wildman–Crippen MR) is 40.6 cm³/mol. The van der Waals surface area contributed by atoms with E-state index in [1.807, 2.05) is 0 Å². The van der Waals surface area contributed by atoms with Crippen molar-refractivity contribution < 1.29 is 18.8 Å². The van der Waals surface area contributed by atoms with E-state index in [0.717, 1.165) is 0 Å². The van der Waals surface area contributed by atoms with E-state index in [1.165, 1.54) is 7.11 Å². The predicted octanol–water partition coefficient (Wildman–Crippen LogP) is -0.901. The highest BCUT2D eigenvalue weighted by atomic mass is 32.2. The first kappa shape index (κ1) is 9.12. The molecular formula is C6H12O4S. The van der Waals surface area contributed by atoms with Gasteiger partial charge in [0.1, 0.15) is 0 Å². The molecule has 4 nitrogen and oxygen atoms in total. The monoisotopic (exact) mass is 180 g/mol. The summed E-state index contributed by atoms with van der Waals surface area (Å²) >= 11 is 0. The van der Waals surface area contributed by atoms with Crippen molar-refractivity contribution in [2.75, 3.05) is 25.2 Å². The van der Waals surface area contributed by atoms with Gasteiger partial charge in [-0.15, -0.1) is 0 Å². The lowest BCUT2D eigenvalue weighted by Crippen LogP contribution is -2.40. The largest absolute Gasteiger partial charge is 0.394 e. The van der Waals surface area contributed by atoms with Crippen LogP contribution in [0.4, 0.5) is 0 Å². The van der Waals surface area contributed by atoms with Gasteiger partial charge in [-0.25, -0.2) is 0 Å². The summed E-state index contributed by atoms with van der Waals surface area (Å²) in [5.74, 6) is 0.823. The van der Waals surface area contributed by atoms with Crippen LogP contribution in [-0.4, -0.2) is 46.9 Å². The highest BCUT2D eigenvalue weighted by Crippen LogP contribution is 2.10. The summed E-state index contributed by atoms with van der Waals surface area (Å²) in [7, 11) is 0.592. The molecule has 1 fully saturated rings. The van der Waals surface area contributed by atoms with Crippen LogP contribution in [0.5, 0.6) is 0 Å². The first-order valence-electron chi connectivity index (χ1n) is 3.40. The highest BCUT2D eigenvalue weighted by molar-refractivity contribution is 7.85. The van der Waals surface area contributed by atoms with Gasteiger partial charge in [0.2, 0.25) is 0 Å². The van der Waals surface area contributed by atoms with Crippen LogP contribution >= 0.6 is 0 Å². The number of ether oxygens (including phenoxy) is 2. The van der Waals surface area contributed by atoms with Gasteiger partial charge in [0.25, 0.3) is 0 Å². The quantitative estimate of drug-likeness (QED) is 0.598. The molecule has 1 saturated heterocycles. The van der Waals surface area contributed by atoms with Crippen LogP contribution in [-0.2, 0) is 20.3 Å². The Morgan fingerprint density at radius 1 is 1.73 bits per heavy atom. The van der Waals surface area contributed by atoms with Crippen molar-refractivity contribution in [3.05, 3.63) is 0 Å². The lowest BCUT2D eigenvalue weighted by molar-refractivity contribution is -0.149. The molecule has 1 N–H and O–H groups in total. The van der Waals surface area contributed by atoms with Gasteiger partial charge in [-0.05, 0) is 0 Å². The Morgan fingerprint density at radius 2 is 2.45 bits per heavy atom. The number of rotatable bonds is 2. The first-order chi connectivity index (χ1) is 5.26. The topological polar surface area (TPSA) is 55.8 Å². The second kappa shape index (κ2) is 4.15. The van der Waals surface area contributed by atoms with Crippen LogP contribution in [0.1, 0.15) is 0 Å². The summed E-state index contributed by atoms with van der Waals surface area (Å²) in [6.07, 6.45) is -0.740. The van der Waals surface area contributed by atoms with E-state index in [9.17, 15) is 4.21 Å². The van der Waals surface area contributed by atoms with Gasteiger partial charge < -0.3 is 14.6 Å². The molecule has 1 rings (SSSR count). The van der Waals surface area contributed by atoms with E-state index in [4.69, 9.17) is 14.6 Å². The van der Waals surface area contributed by atoms with Gasteiger partial charge in [-0.2, -0.15) is 0 Å². The summed E-state index contributed by atoms with van der Waals surface area (Å²) in [5.41, 5.74) is 0. The van der Waals surface area contributed by atoms with E-state index in [-0.39, 0.29) is 12.7 Å². The lowest BCUT2D eigenvalue weighted by Gasteiger charge is -2.26. The first-order valence-corrected chi connectivity index (χ1v) is 4.89. The summed E-state index contributed by atoms with van der Waals surface area (Å²) in [6, 6.07) is 0. The Morgan fingerprint density at radius 3 is 3.00 bits per heavy atom. The Labute approximate surface area is 68.0 Å². The van der Waals surface area contributed by atoms with Crippen LogP contribution in [0.3, 0.4) is 0 Å². The van der Waals surface area contributed by atoms with E-state index < -0.39 is 17.1 Å². The van der Waals surface area contributed by atoms with Crippen molar-refractivity contribution >= 4 is 10.8 Å². The Hall–Kier alpha value is 0.0300. The molecule has 1 aliphatic heterocycles. The zero-order chi connectivity index (χ0) is 8.27. The van der Waals surface area contributed by atoms with Crippen molar-refractivity contribution in [1.82, 2.24) is 0 Å². The minimum atomic E-state index is -0.910. The lowest BCUT2D eigenvalue weighted by atomic mass is 10.4. The number of hydrogen-bond donors (Lipinski definition) is 1. The number of methoxy groups -OCH3 is 1. The van der Waals surface area contributed by atoms with Gasteiger partial charge in [0.05, 0.1) is 24.2 Å². The van der Waals surface area contributed by atoms with Gasteiger partial charge in [-0.1, -0.05) is 0 Å². The molecule has 1 heterocycles. The second-order valence-electron chi connectivity index (χ2n) is 2.38. The molecule has 0 bridgehead atoms. The fraction of sp³-hybridized carbons (Fsp3) is 1.00. The Balaban J connectivity index is 2.43. The number of aliphatic hydroxyl groups excluding tert-OH is 1. The standard InChI is InChI=1S/C6H12O4S/c1-9-6-4-11(8)3-5(2-7)10-6/h5-7H,2-4H2,1H3/t5-,6+,11?/m1/s1. The van der Waals surface area contributed by atoms with Gasteiger partial charge >= 0.3 is 0 Å². The van der Waals surface area contributed by atoms with Crippen LogP contribution in [0.25, 0.3) is 0 Å². The summed E-state index contributed by atoms with van der Waals surface area (Å²) in [5, 5.41) is 8.71. The molecule has 1 aliphatic rings. The van der Waals surface area contributed by atoms with Crippen molar-refractivity contribution in [3.8, 4) is 0 Å².